The van der Waals surface area contributed by atoms with Gasteiger partial charge in [-0.1, -0.05) is 23.7 Å². The number of hydrogen-bond donors (Lipinski definition) is 2. The summed E-state index contributed by atoms with van der Waals surface area (Å²) in [6.07, 6.45) is 3.29. The van der Waals surface area contributed by atoms with E-state index in [-0.39, 0.29) is 29.1 Å². The van der Waals surface area contributed by atoms with Crippen LogP contribution < -0.4 is 20.9 Å². The lowest BCUT2D eigenvalue weighted by molar-refractivity contribution is 0.0858. The quantitative estimate of drug-likeness (QED) is 0.290. The van der Waals surface area contributed by atoms with Crippen LogP contribution in [0.25, 0.3) is 5.69 Å². The summed E-state index contributed by atoms with van der Waals surface area (Å²) < 4.78 is 26.6. The van der Waals surface area contributed by atoms with Crippen molar-refractivity contribution in [2.45, 2.75) is 25.9 Å². The zero-order valence-corrected chi connectivity index (χ0v) is 21.9. The minimum absolute atomic E-state index is 0.0181. The lowest BCUT2D eigenvalue weighted by Crippen LogP contribution is -2.31. The molecule has 0 aliphatic carbocycles. The lowest BCUT2D eigenvalue weighted by Gasteiger charge is -2.16. The number of carbonyl (C=O) groups is 1. The minimum atomic E-state index is -0.572. The molecule has 1 atom stereocenters. The zero-order valence-electron chi connectivity index (χ0n) is 21.1. The van der Waals surface area contributed by atoms with Crippen LogP contribution in [0, 0.1) is 12.7 Å². The number of benzene rings is 3. The molecule has 0 bridgehead atoms. The van der Waals surface area contributed by atoms with Gasteiger partial charge in [0.1, 0.15) is 11.6 Å². The lowest BCUT2D eigenvalue weighted by atomic mass is 10.1. The number of nitrogens with one attached hydrogen (secondary N) is 2. The summed E-state index contributed by atoms with van der Waals surface area (Å²) in [6.45, 7) is 2.97. The summed E-state index contributed by atoms with van der Waals surface area (Å²) in [5.74, 6) is -0.168. The molecule has 1 unspecified atom stereocenters. The highest BCUT2D eigenvalue weighted by atomic mass is 35.5. The van der Waals surface area contributed by atoms with Crippen molar-refractivity contribution in [1.29, 1.82) is 0 Å². The van der Waals surface area contributed by atoms with Crippen molar-refractivity contribution < 1.29 is 18.7 Å². The number of aryl methyl sites for hydroxylation is 1. The first-order chi connectivity index (χ1) is 18.9. The normalized spacial score (nSPS) is 14.7. The third-order valence-corrected chi connectivity index (χ3v) is 6.69. The molecule has 1 amide bonds. The molecule has 1 aliphatic heterocycles. The summed E-state index contributed by atoms with van der Waals surface area (Å²) >= 11 is 6.14. The molecule has 1 aromatic heterocycles. The number of halogens is 2. The fourth-order valence-electron chi connectivity index (χ4n) is 4.23. The molecule has 8 nitrogen and oxygen atoms in total. The Morgan fingerprint density at radius 3 is 2.79 bits per heavy atom. The van der Waals surface area contributed by atoms with E-state index < -0.39 is 11.4 Å². The SMILES string of the molecule is Cc1cc(Oc2cnn(-c3cccc(F)c3)c(=O)c2Nc2cccc(C(=O)NCC3CCCO3)c2)ccc1Cl. The summed E-state index contributed by atoms with van der Waals surface area (Å²) in [4.78, 5) is 26.4. The Kier molecular flexibility index (Phi) is 7.90. The predicted octanol–water partition coefficient (Wildman–Crippen LogP) is 5.78. The van der Waals surface area contributed by atoms with Gasteiger partial charge in [-0.05, 0) is 79.9 Å². The number of nitrogens with zero attached hydrogens (tertiary/aromatic N) is 2. The molecule has 1 saturated heterocycles. The third kappa shape index (κ3) is 6.27. The standard InChI is InChI=1S/C29H26ClFN4O4/c1-18-13-23(10-11-25(18)30)39-26-17-33-35(22-8-3-6-20(31)15-22)29(37)27(26)34-21-7-2-5-19(14-21)28(36)32-16-24-9-4-12-38-24/h2-3,5-8,10-11,13-15,17,24,34H,4,9,12,16H2,1H3,(H,32,36). The summed E-state index contributed by atoms with van der Waals surface area (Å²) in [5.41, 5.74) is 1.42. The molecular weight excluding hydrogens is 523 g/mol. The number of carbonyl (C=O) groups excluding carboxylic acids is 1. The van der Waals surface area contributed by atoms with Gasteiger partial charge in [0.05, 0.1) is 18.0 Å². The third-order valence-electron chi connectivity index (χ3n) is 6.26. The minimum Gasteiger partial charge on any atom is -0.453 e. The van der Waals surface area contributed by atoms with E-state index in [1.807, 2.05) is 6.92 Å². The van der Waals surface area contributed by atoms with Crippen LogP contribution in [0.4, 0.5) is 15.8 Å². The fraction of sp³-hybridized carbons (Fsp3) is 0.207. The smallest absolute Gasteiger partial charge is 0.299 e. The van der Waals surface area contributed by atoms with E-state index in [0.717, 1.165) is 23.1 Å². The van der Waals surface area contributed by atoms with E-state index in [1.165, 1.54) is 24.4 Å². The van der Waals surface area contributed by atoms with Crippen LogP contribution in [-0.4, -0.2) is 34.9 Å². The molecule has 4 aromatic rings. The number of anilines is 2. The van der Waals surface area contributed by atoms with Crippen molar-refractivity contribution in [3.63, 3.8) is 0 Å². The molecule has 0 radical (unpaired) electrons. The van der Waals surface area contributed by atoms with Gasteiger partial charge in [0.2, 0.25) is 0 Å². The van der Waals surface area contributed by atoms with Gasteiger partial charge in [-0.2, -0.15) is 9.78 Å². The van der Waals surface area contributed by atoms with Crippen LogP contribution in [-0.2, 0) is 4.74 Å². The molecule has 200 valence electrons. The molecule has 1 aliphatic rings. The van der Waals surface area contributed by atoms with Gasteiger partial charge >= 0.3 is 0 Å². The van der Waals surface area contributed by atoms with Gasteiger partial charge < -0.3 is 20.1 Å². The Hall–Kier alpha value is -4.21. The number of aromatic nitrogens is 2. The van der Waals surface area contributed by atoms with Gasteiger partial charge in [0, 0.05) is 29.4 Å². The molecule has 1 fully saturated rings. The van der Waals surface area contributed by atoms with Gasteiger partial charge in [-0.25, -0.2) is 4.39 Å². The first-order valence-corrected chi connectivity index (χ1v) is 12.8. The highest BCUT2D eigenvalue weighted by molar-refractivity contribution is 6.31. The first-order valence-electron chi connectivity index (χ1n) is 12.5. The molecule has 10 heteroatoms. The maximum Gasteiger partial charge on any atom is 0.299 e. The molecule has 2 heterocycles. The topological polar surface area (TPSA) is 94.5 Å². The van der Waals surface area contributed by atoms with E-state index in [0.29, 0.717) is 35.2 Å². The van der Waals surface area contributed by atoms with Crippen LogP contribution in [0.15, 0.2) is 77.7 Å². The van der Waals surface area contributed by atoms with Crippen LogP contribution in [0.2, 0.25) is 5.02 Å². The van der Waals surface area contributed by atoms with E-state index in [4.69, 9.17) is 21.1 Å². The number of ether oxygens (including phenoxy) is 2. The Labute approximate surface area is 229 Å². The summed E-state index contributed by atoms with van der Waals surface area (Å²) in [6, 6.07) is 17.4. The second-order valence-electron chi connectivity index (χ2n) is 9.14. The maximum atomic E-state index is 13.9. The van der Waals surface area contributed by atoms with Crippen molar-refractivity contribution in [3.8, 4) is 17.2 Å². The van der Waals surface area contributed by atoms with E-state index in [9.17, 15) is 14.0 Å². The van der Waals surface area contributed by atoms with Crippen LogP contribution in [0.3, 0.4) is 0 Å². The van der Waals surface area contributed by atoms with Crippen molar-refractivity contribution in [2.24, 2.45) is 0 Å². The first kappa shape index (κ1) is 26.4. The average Bonchev–Trinajstić information content (AvgIpc) is 3.45. The monoisotopic (exact) mass is 548 g/mol. The van der Waals surface area contributed by atoms with E-state index >= 15 is 0 Å². The van der Waals surface area contributed by atoms with Gasteiger partial charge in [-0.15, -0.1) is 0 Å². The highest BCUT2D eigenvalue weighted by Gasteiger charge is 2.19. The number of amides is 1. The highest BCUT2D eigenvalue weighted by Crippen LogP contribution is 2.31. The Morgan fingerprint density at radius 2 is 2.03 bits per heavy atom. The van der Waals surface area contributed by atoms with Crippen LogP contribution >= 0.6 is 11.6 Å². The largest absolute Gasteiger partial charge is 0.453 e. The maximum absolute atomic E-state index is 13.9. The molecule has 0 saturated carbocycles. The Bertz CT molecular complexity index is 1570. The van der Waals surface area contributed by atoms with Crippen LogP contribution in [0.1, 0.15) is 28.8 Å². The van der Waals surface area contributed by atoms with Crippen molar-refractivity contribution >= 4 is 28.9 Å². The van der Waals surface area contributed by atoms with E-state index in [1.54, 1.807) is 48.5 Å². The molecule has 2 N–H and O–H groups in total. The van der Waals surface area contributed by atoms with E-state index in [2.05, 4.69) is 15.7 Å². The average molecular weight is 549 g/mol. The predicted molar refractivity (Wildman–Crippen MR) is 147 cm³/mol. The second-order valence-corrected chi connectivity index (χ2v) is 9.55. The Balaban J connectivity index is 1.47. The van der Waals surface area contributed by atoms with Crippen molar-refractivity contribution in [1.82, 2.24) is 15.1 Å². The summed E-state index contributed by atoms with van der Waals surface area (Å²) in [5, 5.41) is 10.8. The molecule has 39 heavy (non-hydrogen) atoms. The van der Waals surface area contributed by atoms with Crippen molar-refractivity contribution in [2.75, 3.05) is 18.5 Å². The number of rotatable bonds is 8. The van der Waals surface area contributed by atoms with Gasteiger partial charge in [-0.3, -0.25) is 9.59 Å². The van der Waals surface area contributed by atoms with Gasteiger partial charge in [0.25, 0.3) is 11.5 Å². The van der Waals surface area contributed by atoms with Gasteiger partial charge in [0.15, 0.2) is 11.4 Å². The zero-order chi connectivity index (χ0) is 27.4. The molecule has 0 spiro atoms. The molecular formula is C29H26ClFN4O4. The van der Waals surface area contributed by atoms with Crippen LogP contribution in [0.5, 0.6) is 11.5 Å². The fourth-order valence-corrected chi connectivity index (χ4v) is 4.34. The van der Waals surface area contributed by atoms with Crippen molar-refractivity contribution in [3.05, 3.63) is 105 Å². The second kappa shape index (κ2) is 11.7. The molecule has 5 rings (SSSR count). The molecule has 3 aromatic carbocycles. The number of hydrogen-bond acceptors (Lipinski definition) is 6. The summed E-state index contributed by atoms with van der Waals surface area (Å²) in [7, 11) is 0. The Morgan fingerprint density at radius 1 is 1.18 bits per heavy atom.